The van der Waals surface area contributed by atoms with Gasteiger partial charge in [0.1, 0.15) is 0 Å². The Labute approximate surface area is 183 Å². The van der Waals surface area contributed by atoms with E-state index in [4.69, 9.17) is 19.4 Å². The Morgan fingerprint density at radius 3 is 2.68 bits per heavy atom. The van der Waals surface area contributed by atoms with E-state index in [9.17, 15) is 18.0 Å². The van der Waals surface area contributed by atoms with Gasteiger partial charge in [-0.2, -0.15) is 24.9 Å². The van der Waals surface area contributed by atoms with Gasteiger partial charge in [-0.25, -0.2) is 4.79 Å². The van der Waals surface area contributed by atoms with Crippen molar-refractivity contribution in [3.05, 3.63) is 29.6 Å². The molecule has 0 spiro atoms. The SMILES string of the molecule is CSCC(=O)N1C[C@H]2[C@@H](CCOCc3cccc(C)n3)CO[C@H]2C1.O=C(O)C(F)(F)F. The highest BCUT2D eigenvalue weighted by molar-refractivity contribution is 7.99. The number of aryl methyl sites for hydroxylation is 1. The highest BCUT2D eigenvalue weighted by Crippen LogP contribution is 2.35. The van der Waals surface area contributed by atoms with Crippen molar-refractivity contribution in [2.45, 2.75) is 32.2 Å². The number of amides is 1. The van der Waals surface area contributed by atoms with Gasteiger partial charge in [0, 0.05) is 31.3 Å². The molecule has 7 nitrogen and oxygen atoms in total. The lowest BCUT2D eigenvalue weighted by atomic mass is 9.91. The highest BCUT2D eigenvalue weighted by Gasteiger charge is 2.44. The Bertz CT molecular complexity index is 750. The number of likely N-dealkylation sites (tertiary alicyclic amines) is 1. The number of hydrogen-bond donors (Lipinski definition) is 1. The monoisotopic (exact) mass is 464 g/mol. The number of rotatable bonds is 7. The van der Waals surface area contributed by atoms with Crippen LogP contribution in [0.1, 0.15) is 17.8 Å². The zero-order chi connectivity index (χ0) is 23.0. The first kappa shape index (κ1) is 25.4. The topological polar surface area (TPSA) is 89.0 Å². The van der Waals surface area contributed by atoms with Crippen LogP contribution in [0.4, 0.5) is 13.2 Å². The molecule has 0 unspecified atom stereocenters. The molecule has 1 N–H and O–H groups in total. The van der Waals surface area contributed by atoms with Gasteiger partial charge in [-0.15, -0.1) is 0 Å². The van der Waals surface area contributed by atoms with Crippen molar-refractivity contribution in [2.75, 3.05) is 38.3 Å². The van der Waals surface area contributed by atoms with Gasteiger partial charge in [0.05, 0.1) is 30.8 Å². The number of aliphatic carboxylic acids is 1. The summed E-state index contributed by atoms with van der Waals surface area (Å²) in [6, 6.07) is 5.99. The molecule has 3 atom stereocenters. The van der Waals surface area contributed by atoms with Gasteiger partial charge in [0.15, 0.2) is 0 Å². The number of pyridine rings is 1. The molecular formula is C20H27F3N2O5S. The van der Waals surface area contributed by atoms with E-state index in [-0.39, 0.29) is 12.0 Å². The minimum atomic E-state index is -5.08. The van der Waals surface area contributed by atoms with E-state index in [1.165, 1.54) is 0 Å². The predicted octanol–water partition coefficient (Wildman–Crippen LogP) is 2.77. The van der Waals surface area contributed by atoms with Gasteiger partial charge >= 0.3 is 12.1 Å². The number of aromatic nitrogens is 1. The summed E-state index contributed by atoms with van der Waals surface area (Å²) >= 11 is 1.58. The molecule has 174 valence electrons. The van der Waals surface area contributed by atoms with Crippen LogP contribution in [0, 0.1) is 18.8 Å². The molecule has 0 aromatic carbocycles. The van der Waals surface area contributed by atoms with E-state index >= 15 is 0 Å². The summed E-state index contributed by atoms with van der Waals surface area (Å²) in [5, 5.41) is 7.12. The highest BCUT2D eigenvalue weighted by atomic mass is 32.2. The zero-order valence-corrected chi connectivity index (χ0v) is 18.2. The number of hydrogen-bond acceptors (Lipinski definition) is 6. The van der Waals surface area contributed by atoms with Gasteiger partial charge < -0.3 is 19.5 Å². The minimum absolute atomic E-state index is 0.222. The predicted molar refractivity (Wildman–Crippen MR) is 109 cm³/mol. The van der Waals surface area contributed by atoms with Crippen LogP contribution < -0.4 is 0 Å². The van der Waals surface area contributed by atoms with Crippen molar-refractivity contribution in [3.8, 4) is 0 Å². The molecule has 0 radical (unpaired) electrons. The number of alkyl halides is 3. The third-order valence-corrected chi connectivity index (χ3v) is 5.67. The smallest absolute Gasteiger partial charge is 0.475 e. The summed E-state index contributed by atoms with van der Waals surface area (Å²) < 4.78 is 43.4. The summed E-state index contributed by atoms with van der Waals surface area (Å²) in [6.07, 6.45) is -1.91. The van der Waals surface area contributed by atoms with E-state index < -0.39 is 12.1 Å². The maximum Gasteiger partial charge on any atom is 0.490 e. The van der Waals surface area contributed by atoms with Crippen molar-refractivity contribution in [3.63, 3.8) is 0 Å². The quantitative estimate of drug-likeness (QED) is 0.621. The average Bonchev–Trinajstić information content (AvgIpc) is 3.27. The lowest BCUT2D eigenvalue weighted by molar-refractivity contribution is -0.192. The number of fused-ring (bicyclic) bond motifs is 1. The summed E-state index contributed by atoms with van der Waals surface area (Å²) in [5.41, 5.74) is 1.99. The summed E-state index contributed by atoms with van der Waals surface area (Å²) in [6.45, 7) is 5.66. The first-order valence-electron chi connectivity index (χ1n) is 9.80. The van der Waals surface area contributed by atoms with Crippen molar-refractivity contribution in [2.24, 2.45) is 11.8 Å². The number of halogens is 3. The largest absolute Gasteiger partial charge is 0.490 e. The number of ether oxygens (including phenoxy) is 2. The first-order valence-corrected chi connectivity index (χ1v) is 11.2. The molecule has 1 amide bonds. The van der Waals surface area contributed by atoms with E-state index in [0.717, 1.165) is 37.5 Å². The van der Waals surface area contributed by atoms with Gasteiger partial charge in [-0.3, -0.25) is 9.78 Å². The Morgan fingerprint density at radius 1 is 1.35 bits per heavy atom. The van der Waals surface area contributed by atoms with Crippen molar-refractivity contribution < 1.29 is 37.3 Å². The zero-order valence-electron chi connectivity index (χ0n) is 17.4. The molecule has 11 heteroatoms. The van der Waals surface area contributed by atoms with Crippen molar-refractivity contribution in [1.29, 1.82) is 0 Å². The van der Waals surface area contributed by atoms with E-state index in [1.54, 1.807) is 11.8 Å². The second-order valence-corrected chi connectivity index (χ2v) is 8.31. The standard InChI is InChI=1S/C18H26N2O3S.C2HF3O2/c1-13-4-3-5-15(19-13)11-22-7-6-14-10-23-17-9-20(8-16(14)17)18(21)12-24-2;3-2(4,5)1(6)7/h3-5,14,16-17H,6-12H2,1-2H3;(H,6,7)/t14-,16-,17-;/m0./s1. The molecule has 2 aliphatic heterocycles. The number of nitrogens with zero attached hydrogens (tertiary/aromatic N) is 2. The van der Waals surface area contributed by atoms with Crippen LogP contribution in [0.2, 0.25) is 0 Å². The minimum Gasteiger partial charge on any atom is -0.475 e. The lowest BCUT2D eigenvalue weighted by Crippen LogP contribution is -2.32. The van der Waals surface area contributed by atoms with Gasteiger partial charge in [0.25, 0.3) is 0 Å². The summed E-state index contributed by atoms with van der Waals surface area (Å²) in [7, 11) is 0. The molecule has 0 saturated carbocycles. The van der Waals surface area contributed by atoms with Crippen LogP contribution in [0.15, 0.2) is 18.2 Å². The fourth-order valence-electron chi connectivity index (χ4n) is 3.61. The van der Waals surface area contributed by atoms with Gasteiger partial charge in [-0.05, 0) is 37.7 Å². The summed E-state index contributed by atoms with van der Waals surface area (Å²) in [5.74, 6) is -0.992. The van der Waals surface area contributed by atoms with E-state index in [0.29, 0.717) is 30.8 Å². The Hall–Kier alpha value is -1.85. The van der Waals surface area contributed by atoms with Gasteiger partial charge in [-0.1, -0.05) is 6.07 Å². The third-order valence-electron chi connectivity index (χ3n) is 5.13. The summed E-state index contributed by atoms with van der Waals surface area (Å²) in [4.78, 5) is 27.4. The Kier molecular flexibility index (Phi) is 9.57. The van der Waals surface area contributed by atoms with Crippen LogP contribution in [0.3, 0.4) is 0 Å². The number of carbonyl (C=O) groups is 2. The second-order valence-electron chi connectivity index (χ2n) is 7.44. The lowest BCUT2D eigenvalue weighted by Gasteiger charge is -2.19. The molecule has 2 fully saturated rings. The first-order chi connectivity index (χ1) is 14.6. The maximum atomic E-state index is 12.0. The normalized spacial score (nSPS) is 22.6. The van der Waals surface area contributed by atoms with Crippen molar-refractivity contribution in [1.82, 2.24) is 9.88 Å². The van der Waals surface area contributed by atoms with Crippen molar-refractivity contribution >= 4 is 23.6 Å². The van der Waals surface area contributed by atoms with Gasteiger partial charge in [0.2, 0.25) is 5.91 Å². The molecule has 3 rings (SSSR count). The molecule has 0 aliphatic carbocycles. The second kappa shape index (κ2) is 11.7. The molecule has 31 heavy (non-hydrogen) atoms. The van der Waals surface area contributed by atoms with Crippen LogP contribution in [-0.2, 0) is 25.7 Å². The number of thioether (sulfide) groups is 1. The van der Waals surface area contributed by atoms with E-state index in [2.05, 4.69) is 4.98 Å². The fraction of sp³-hybridized carbons (Fsp3) is 0.650. The number of carboxylic acid groups (broad SMARTS) is 1. The van der Waals surface area contributed by atoms with Crippen LogP contribution >= 0.6 is 11.8 Å². The Balaban J connectivity index is 0.000000423. The molecule has 2 saturated heterocycles. The molecule has 2 aliphatic rings. The van der Waals surface area contributed by atoms with Crippen LogP contribution in [0.25, 0.3) is 0 Å². The Morgan fingerprint density at radius 2 is 2.06 bits per heavy atom. The third kappa shape index (κ3) is 7.97. The molecule has 0 bridgehead atoms. The van der Waals surface area contributed by atoms with Crippen LogP contribution in [0.5, 0.6) is 0 Å². The average molecular weight is 465 g/mol. The molecule has 3 heterocycles. The van der Waals surface area contributed by atoms with Crippen LogP contribution in [-0.4, -0.2) is 77.5 Å². The molecule has 1 aromatic rings. The number of carboxylic acids is 1. The molecular weight excluding hydrogens is 437 g/mol. The maximum absolute atomic E-state index is 12.0. The molecule has 1 aromatic heterocycles. The fourth-order valence-corrected chi connectivity index (χ4v) is 4.04. The number of carbonyl (C=O) groups excluding carboxylic acids is 1. The van der Waals surface area contributed by atoms with E-state index in [1.807, 2.05) is 36.3 Å².